The minimum atomic E-state index is -0.103. The topological polar surface area (TPSA) is 79.7 Å². The van der Waals surface area contributed by atoms with Crippen molar-refractivity contribution in [1.29, 1.82) is 0 Å². The first kappa shape index (κ1) is 11.0. The molecule has 0 aromatic heterocycles. The fourth-order valence-corrected chi connectivity index (χ4v) is 1.71. The molecule has 1 heterocycles. The van der Waals surface area contributed by atoms with Crippen molar-refractivity contribution < 1.29 is 14.2 Å². The van der Waals surface area contributed by atoms with Crippen molar-refractivity contribution in [3.63, 3.8) is 0 Å². The summed E-state index contributed by atoms with van der Waals surface area (Å²) in [6, 6.07) is 3.65. The van der Waals surface area contributed by atoms with Crippen molar-refractivity contribution in [2.24, 2.45) is 11.5 Å². The molecule has 1 aromatic carbocycles. The Morgan fingerprint density at radius 3 is 2.94 bits per heavy atom. The summed E-state index contributed by atoms with van der Waals surface area (Å²) in [7, 11) is 1.59. The summed E-state index contributed by atoms with van der Waals surface area (Å²) >= 11 is 0. The molecule has 1 atom stereocenters. The summed E-state index contributed by atoms with van der Waals surface area (Å²) in [6.45, 7) is 0.777. The molecule has 5 nitrogen and oxygen atoms in total. The van der Waals surface area contributed by atoms with Gasteiger partial charge in [0.1, 0.15) is 0 Å². The highest BCUT2D eigenvalue weighted by Crippen LogP contribution is 2.42. The highest BCUT2D eigenvalue weighted by atomic mass is 16.7. The van der Waals surface area contributed by atoms with Crippen molar-refractivity contribution >= 4 is 0 Å². The van der Waals surface area contributed by atoms with Gasteiger partial charge in [0.2, 0.25) is 12.5 Å². The van der Waals surface area contributed by atoms with Crippen LogP contribution in [0.4, 0.5) is 0 Å². The number of rotatable bonds is 4. The van der Waals surface area contributed by atoms with Gasteiger partial charge < -0.3 is 25.7 Å². The molecule has 0 saturated heterocycles. The molecule has 0 unspecified atom stereocenters. The van der Waals surface area contributed by atoms with Gasteiger partial charge in [0.05, 0.1) is 7.11 Å². The summed E-state index contributed by atoms with van der Waals surface area (Å²) in [5.74, 6) is 1.98. The van der Waals surface area contributed by atoms with Gasteiger partial charge in [-0.2, -0.15) is 0 Å². The molecule has 0 spiro atoms. The van der Waals surface area contributed by atoms with E-state index in [1.54, 1.807) is 7.11 Å². The maximum Gasteiger partial charge on any atom is 0.231 e. The Bertz CT molecular complexity index is 382. The van der Waals surface area contributed by atoms with E-state index >= 15 is 0 Å². The standard InChI is InChI=1S/C11H16N2O3/c1-14-9-4-7(8(13)2-3-12)5-10-11(9)16-6-15-10/h4-5,8H,2-3,6,12-13H2,1H3/t8-/m1/s1. The summed E-state index contributed by atoms with van der Waals surface area (Å²) in [6.07, 6.45) is 0.725. The molecular weight excluding hydrogens is 208 g/mol. The van der Waals surface area contributed by atoms with Crippen LogP contribution in [0.1, 0.15) is 18.0 Å². The van der Waals surface area contributed by atoms with E-state index in [4.69, 9.17) is 25.7 Å². The molecule has 1 aromatic rings. The number of nitrogens with two attached hydrogens (primary N) is 2. The van der Waals surface area contributed by atoms with Gasteiger partial charge in [-0.1, -0.05) is 0 Å². The van der Waals surface area contributed by atoms with Crippen LogP contribution < -0.4 is 25.7 Å². The third kappa shape index (κ3) is 1.91. The second kappa shape index (κ2) is 4.59. The third-order valence-electron chi connectivity index (χ3n) is 2.59. The molecule has 0 saturated carbocycles. The maximum atomic E-state index is 5.99. The van der Waals surface area contributed by atoms with Crippen LogP contribution in [0, 0.1) is 0 Å². The molecule has 4 N–H and O–H groups in total. The average Bonchev–Trinajstić information content (AvgIpc) is 2.75. The van der Waals surface area contributed by atoms with Gasteiger partial charge in [0, 0.05) is 6.04 Å². The first-order valence-corrected chi connectivity index (χ1v) is 5.19. The van der Waals surface area contributed by atoms with Crippen LogP contribution in [0.2, 0.25) is 0 Å². The Labute approximate surface area is 94.3 Å². The van der Waals surface area contributed by atoms with Gasteiger partial charge in [-0.3, -0.25) is 0 Å². The predicted octanol–water partition coefficient (Wildman–Crippen LogP) is 0.772. The number of methoxy groups -OCH3 is 1. The lowest BCUT2D eigenvalue weighted by Gasteiger charge is -2.13. The third-order valence-corrected chi connectivity index (χ3v) is 2.59. The highest BCUT2D eigenvalue weighted by Gasteiger charge is 2.21. The van der Waals surface area contributed by atoms with Crippen LogP contribution in [0.15, 0.2) is 12.1 Å². The molecule has 1 aliphatic heterocycles. The fourth-order valence-electron chi connectivity index (χ4n) is 1.71. The summed E-state index contributed by atoms with van der Waals surface area (Å²) in [4.78, 5) is 0. The molecule has 16 heavy (non-hydrogen) atoms. The molecule has 0 radical (unpaired) electrons. The average molecular weight is 224 g/mol. The SMILES string of the molecule is COc1cc([C@H](N)CCN)cc2c1OCO2. The van der Waals surface area contributed by atoms with E-state index in [0.717, 1.165) is 12.0 Å². The van der Waals surface area contributed by atoms with Crippen LogP contribution in [-0.2, 0) is 0 Å². The van der Waals surface area contributed by atoms with E-state index in [1.807, 2.05) is 12.1 Å². The van der Waals surface area contributed by atoms with E-state index in [1.165, 1.54) is 0 Å². The van der Waals surface area contributed by atoms with Crippen molar-refractivity contribution in [2.45, 2.75) is 12.5 Å². The molecule has 5 heteroatoms. The quantitative estimate of drug-likeness (QED) is 0.789. The first-order valence-electron chi connectivity index (χ1n) is 5.19. The minimum absolute atomic E-state index is 0.103. The molecule has 0 aliphatic carbocycles. The van der Waals surface area contributed by atoms with Gasteiger partial charge in [-0.25, -0.2) is 0 Å². The molecule has 0 bridgehead atoms. The molecule has 1 aliphatic rings. The van der Waals surface area contributed by atoms with Crippen molar-refractivity contribution in [3.05, 3.63) is 17.7 Å². The number of hydrogen-bond acceptors (Lipinski definition) is 5. The normalized spacial score (nSPS) is 14.9. The molecule has 2 rings (SSSR count). The van der Waals surface area contributed by atoms with Crippen molar-refractivity contribution in [2.75, 3.05) is 20.4 Å². The van der Waals surface area contributed by atoms with Crippen LogP contribution in [-0.4, -0.2) is 20.4 Å². The van der Waals surface area contributed by atoms with E-state index < -0.39 is 0 Å². The summed E-state index contributed by atoms with van der Waals surface area (Å²) in [5, 5.41) is 0. The molecular formula is C11H16N2O3. The zero-order chi connectivity index (χ0) is 11.5. The van der Waals surface area contributed by atoms with Gasteiger partial charge in [0.25, 0.3) is 0 Å². The Kier molecular flexibility index (Phi) is 3.17. The lowest BCUT2D eigenvalue weighted by molar-refractivity contribution is 0.171. The van der Waals surface area contributed by atoms with Gasteiger partial charge in [-0.05, 0) is 30.7 Å². The number of fused-ring (bicyclic) bond motifs is 1. The van der Waals surface area contributed by atoms with Gasteiger partial charge >= 0.3 is 0 Å². The van der Waals surface area contributed by atoms with Crippen LogP contribution in [0.3, 0.4) is 0 Å². The monoisotopic (exact) mass is 224 g/mol. The van der Waals surface area contributed by atoms with E-state index in [2.05, 4.69) is 0 Å². The van der Waals surface area contributed by atoms with Gasteiger partial charge in [-0.15, -0.1) is 0 Å². The van der Waals surface area contributed by atoms with Crippen LogP contribution in [0.5, 0.6) is 17.2 Å². The van der Waals surface area contributed by atoms with E-state index in [-0.39, 0.29) is 12.8 Å². The fraction of sp³-hybridized carbons (Fsp3) is 0.455. The maximum absolute atomic E-state index is 5.99. The van der Waals surface area contributed by atoms with E-state index in [9.17, 15) is 0 Å². The molecule has 0 amide bonds. The van der Waals surface area contributed by atoms with Crippen LogP contribution in [0.25, 0.3) is 0 Å². The Morgan fingerprint density at radius 1 is 1.44 bits per heavy atom. The van der Waals surface area contributed by atoms with Gasteiger partial charge in [0.15, 0.2) is 11.5 Å². The first-order chi connectivity index (χ1) is 7.76. The smallest absolute Gasteiger partial charge is 0.231 e. The summed E-state index contributed by atoms with van der Waals surface area (Å²) in [5.41, 5.74) is 12.4. The lowest BCUT2D eigenvalue weighted by atomic mass is 10.0. The second-order valence-corrected chi connectivity index (χ2v) is 3.64. The zero-order valence-electron chi connectivity index (χ0n) is 9.23. The second-order valence-electron chi connectivity index (χ2n) is 3.64. The lowest BCUT2D eigenvalue weighted by Crippen LogP contribution is -2.15. The summed E-state index contributed by atoms with van der Waals surface area (Å²) < 4.78 is 15.9. The zero-order valence-corrected chi connectivity index (χ0v) is 9.23. The molecule has 88 valence electrons. The minimum Gasteiger partial charge on any atom is -0.493 e. The van der Waals surface area contributed by atoms with E-state index in [0.29, 0.717) is 23.8 Å². The van der Waals surface area contributed by atoms with Crippen LogP contribution >= 0.6 is 0 Å². The predicted molar refractivity (Wildman–Crippen MR) is 59.7 cm³/mol. The van der Waals surface area contributed by atoms with Crippen molar-refractivity contribution in [1.82, 2.24) is 0 Å². The highest BCUT2D eigenvalue weighted by molar-refractivity contribution is 5.55. The number of benzene rings is 1. The Morgan fingerprint density at radius 2 is 2.25 bits per heavy atom. The van der Waals surface area contributed by atoms with Crippen molar-refractivity contribution in [3.8, 4) is 17.2 Å². The number of hydrogen-bond donors (Lipinski definition) is 2. The Hall–Kier alpha value is -1.46. The Balaban J connectivity index is 2.34. The number of ether oxygens (including phenoxy) is 3. The molecule has 0 fully saturated rings. The largest absolute Gasteiger partial charge is 0.493 e.